The first-order valence-electron chi connectivity index (χ1n) is 4.77. The van der Waals surface area contributed by atoms with E-state index in [1.807, 2.05) is 0 Å². The minimum absolute atomic E-state index is 0.0647. The molecule has 2 heterocycles. The smallest absolute Gasteiger partial charge is 0.381 e. The number of aromatic amines is 1. The molecule has 0 saturated carbocycles. The van der Waals surface area contributed by atoms with Crippen molar-refractivity contribution in [2.24, 2.45) is 0 Å². The lowest BCUT2D eigenvalue weighted by molar-refractivity contribution is -0.141. The predicted molar refractivity (Wildman–Crippen MR) is 46.4 cm³/mol. The Labute approximate surface area is 84.7 Å². The summed E-state index contributed by atoms with van der Waals surface area (Å²) in [5, 5.41) is 0. The summed E-state index contributed by atoms with van der Waals surface area (Å²) in [7, 11) is 0. The van der Waals surface area contributed by atoms with Crippen molar-refractivity contribution in [3.8, 4) is 0 Å². The normalized spacial score (nSPS) is 19.4. The van der Waals surface area contributed by atoms with Gasteiger partial charge in [0.15, 0.2) is 0 Å². The topological polar surface area (TPSA) is 37.9 Å². The standard InChI is InChI=1S/C9H11F3N2O/c10-9(11,12)7-5-13-8(14-7)6-1-3-15-4-2-6/h5-6H,1-4H2,(H,13,14). The van der Waals surface area contributed by atoms with Crippen molar-refractivity contribution in [3.63, 3.8) is 0 Å². The number of H-pyrrole nitrogens is 1. The van der Waals surface area contributed by atoms with Crippen molar-refractivity contribution in [1.29, 1.82) is 0 Å². The van der Waals surface area contributed by atoms with Crippen LogP contribution in [0.2, 0.25) is 0 Å². The maximum absolute atomic E-state index is 12.3. The van der Waals surface area contributed by atoms with Gasteiger partial charge in [0.05, 0.1) is 6.20 Å². The molecular formula is C9H11F3N2O. The van der Waals surface area contributed by atoms with E-state index in [0.29, 0.717) is 19.0 Å². The molecule has 0 bridgehead atoms. The molecule has 0 unspecified atom stereocenters. The van der Waals surface area contributed by atoms with Crippen LogP contribution in [0.5, 0.6) is 0 Å². The van der Waals surface area contributed by atoms with E-state index in [-0.39, 0.29) is 5.92 Å². The summed E-state index contributed by atoms with van der Waals surface area (Å²) < 4.78 is 41.9. The van der Waals surface area contributed by atoms with E-state index in [2.05, 4.69) is 9.97 Å². The number of rotatable bonds is 1. The maximum atomic E-state index is 12.3. The number of halogens is 3. The van der Waals surface area contributed by atoms with Gasteiger partial charge in [-0.1, -0.05) is 0 Å². The fourth-order valence-corrected chi connectivity index (χ4v) is 1.66. The zero-order chi connectivity index (χ0) is 10.9. The molecule has 1 fully saturated rings. The van der Waals surface area contributed by atoms with Crippen LogP contribution in [-0.4, -0.2) is 23.2 Å². The summed E-state index contributed by atoms with van der Waals surface area (Å²) in [6, 6.07) is 0. The Kier molecular flexibility index (Phi) is 2.68. The summed E-state index contributed by atoms with van der Waals surface area (Å²) in [5.74, 6) is 0.487. The lowest BCUT2D eigenvalue weighted by Gasteiger charge is -2.19. The molecule has 0 spiro atoms. The van der Waals surface area contributed by atoms with Gasteiger partial charge in [-0.3, -0.25) is 0 Å². The molecule has 1 aliphatic heterocycles. The molecule has 84 valence electrons. The van der Waals surface area contributed by atoms with Crippen LogP contribution >= 0.6 is 0 Å². The second kappa shape index (κ2) is 3.84. The van der Waals surface area contributed by atoms with Gasteiger partial charge in [-0.25, -0.2) is 4.98 Å². The highest BCUT2D eigenvalue weighted by Crippen LogP contribution is 2.30. The van der Waals surface area contributed by atoms with Crippen LogP contribution in [0.4, 0.5) is 13.2 Å². The second-order valence-corrected chi connectivity index (χ2v) is 3.57. The third-order valence-corrected chi connectivity index (χ3v) is 2.51. The molecule has 15 heavy (non-hydrogen) atoms. The van der Waals surface area contributed by atoms with E-state index in [4.69, 9.17) is 4.74 Å². The van der Waals surface area contributed by atoms with Crippen LogP contribution in [0.15, 0.2) is 6.20 Å². The summed E-state index contributed by atoms with van der Waals surface area (Å²) in [5.41, 5.74) is -0.774. The first kappa shape index (κ1) is 10.5. The van der Waals surface area contributed by atoms with Gasteiger partial charge < -0.3 is 9.72 Å². The molecule has 0 amide bonds. The van der Waals surface area contributed by atoms with Gasteiger partial charge in [-0.05, 0) is 12.8 Å². The van der Waals surface area contributed by atoms with E-state index >= 15 is 0 Å². The van der Waals surface area contributed by atoms with Gasteiger partial charge in [-0.2, -0.15) is 13.2 Å². The highest BCUT2D eigenvalue weighted by Gasteiger charge is 2.33. The molecule has 1 aromatic heterocycles. The zero-order valence-corrected chi connectivity index (χ0v) is 7.97. The van der Waals surface area contributed by atoms with Crippen molar-refractivity contribution in [1.82, 2.24) is 9.97 Å². The molecule has 1 saturated heterocycles. The van der Waals surface area contributed by atoms with Crippen LogP contribution in [0.3, 0.4) is 0 Å². The molecule has 1 aromatic rings. The Morgan fingerprint density at radius 3 is 2.53 bits per heavy atom. The monoisotopic (exact) mass is 220 g/mol. The van der Waals surface area contributed by atoms with Crippen molar-refractivity contribution in [2.45, 2.75) is 24.9 Å². The first-order chi connectivity index (χ1) is 7.07. The number of imidazole rings is 1. The van der Waals surface area contributed by atoms with Gasteiger partial charge >= 0.3 is 6.18 Å². The fourth-order valence-electron chi connectivity index (χ4n) is 1.66. The summed E-state index contributed by atoms with van der Waals surface area (Å²) in [4.78, 5) is 6.11. The van der Waals surface area contributed by atoms with Crippen molar-refractivity contribution < 1.29 is 17.9 Å². The molecule has 0 aromatic carbocycles. The van der Waals surface area contributed by atoms with Gasteiger partial charge in [0, 0.05) is 19.1 Å². The largest absolute Gasteiger partial charge is 0.432 e. The minimum atomic E-state index is -4.34. The molecular weight excluding hydrogens is 209 g/mol. The van der Waals surface area contributed by atoms with E-state index in [1.54, 1.807) is 0 Å². The summed E-state index contributed by atoms with van der Waals surface area (Å²) >= 11 is 0. The molecule has 1 aliphatic rings. The molecule has 0 aliphatic carbocycles. The van der Waals surface area contributed by atoms with Crippen molar-refractivity contribution in [2.75, 3.05) is 13.2 Å². The Bertz CT molecular complexity index is 328. The Balaban J connectivity index is 2.12. The average molecular weight is 220 g/mol. The number of nitrogens with one attached hydrogen (secondary N) is 1. The molecule has 6 heteroatoms. The molecule has 0 radical (unpaired) electrons. The Hall–Kier alpha value is -1.04. The third-order valence-electron chi connectivity index (χ3n) is 2.51. The average Bonchev–Trinajstić information content (AvgIpc) is 2.67. The molecule has 1 N–H and O–H groups in total. The van der Waals surface area contributed by atoms with Gasteiger partial charge in [0.1, 0.15) is 11.5 Å². The molecule has 0 atom stereocenters. The summed E-state index contributed by atoms with van der Waals surface area (Å²) in [6.07, 6.45) is -2.03. The Morgan fingerprint density at radius 1 is 1.33 bits per heavy atom. The second-order valence-electron chi connectivity index (χ2n) is 3.57. The van der Waals surface area contributed by atoms with Gasteiger partial charge in [0.25, 0.3) is 0 Å². The number of hydrogen-bond donors (Lipinski definition) is 1. The lowest BCUT2D eigenvalue weighted by Crippen LogP contribution is -2.15. The lowest BCUT2D eigenvalue weighted by atomic mass is 10.00. The fraction of sp³-hybridized carbons (Fsp3) is 0.667. The van der Waals surface area contributed by atoms with Crippen molar-refractivity contribution >= 4 is 0 Å². The highest BCUT2D eigenvalue weighted by atomic mass is 19.4. The predicted octanol–water partition coefficient (Wildman–Crippen LogP) is 2.32. The van der Waals surface area contributed by atoms with E-state index in [0.717, 1.165) is 19.0 Å². The maximum Gasteiger partial charge on any atom is 0.432 e. The van der Waals surface area contributed by atoms with Crippen molar-refractivity contribution in [3.05, 3.63) is 17.7 Å². The molecule has 3 nitrogen and oxygen atoms in total. The zero-order valence-electron chi connectivity index (χ0n) is 7.97. The SMILES string of the molecule is FC(F)(F)c1cnc(C2CCOCC2)[nH]1. The molecule has 2 rings (SSSR count). The first-order valence-corrected chi connectivity index (χ1v) is 4.77. The number of aromatic nitrogens is 2. The van der Waals surface area contributed by atoms with Crippen LogP contribution in [0.25, 0.3) is 0 Å². The quantitative estimate of drug-likeness (QED) is 0.788. The Morgan fingerprint density at radius 2 is 2.00 bits per heavy atom. The van der Waals surface area contributed by atoms with Gasteiger partial charge in [-0.15, -0.1) is 0 Å². The minimum Gasteiger partial charge on any atom is -0.381 e. The van der Waals surface area contributed by atoms with Crippen LogP contribution < -0.4 is 0 Å². The van der Waals surface area contributed by atoms with Crippen LogP contribution in [0, 0.1) is 0 Å². The third kappa shape index (κ3) is 2.31. The van der Waals surface area contributed by atoms with Gasteiger partial charge in [0.2, 0.25) is 0 Å². The number of alkyl halides is 3. The number of nitrogens with zero attached hydrogens (tertiary/aromatic N) is 1. The number of hydrogen-bond acceptors (Lipinski definition) is 2. The van der Waals surface area contributed by atoms with Crippen LogP contribution in [0.1, 0.15) is 30.3 Å². The van der Waals surface area contributed by atoms with Crippen LogP contribution in [-0.2, 0) is 10.9 Å². The number of ether oxygens (including phenoxy) is 1. The highest BCUT2D eigenvalue weighted by molar-refractivity contribution is 5.08. The van der Waals surface area contributed by atoms with E-state index in [9.17, 15) is 13.2 Å². The van der Waals surface area contributed by atoms with E-state index in [1.165, 1.54) is 0 Å². The summed E-state index contributed by atoms with van der Waals surface area (Å²) in [6.45, 7) is 1.18. The van der Waals surface area contributed by atoms with E-state index < -0.39 is 11.9 Å².